The summed E-state index contributed by atoms with van der Waals surface area (Å²) in [6.07, 6.45) is 0. The van der Waals surface area contributed by atoms with Crippen molar-refractivity contribution in [2.24, 2.45) is 0 Å². The number of rotatable bonds is 5. The number of hydrogen-bond donors (Lipinski definition) is 1. The van der Waals surface area contributed by atoms with Crippen molar-refractivity contribution in [1.82, 2.24) is 0 Å². The lowest BCUT2D eigenvalue weighted by molar-refractivity contribution is -0.384. The summed E-state index contributed by atoms with van der Waals surface area (Å²) in [7, 11) is 1.48. The van der Waals surface area contributed by atoms with Crippen LogP contribution in [0.2, 0.25) is 5.02 Å². The first kappa shape index (κ1) is 18.9. The summed E-state index contributed by atoms with van der Waals surface area (Å²) in [6, 6.07) is 9.26. The van der Waals surface area contributed by atoms with Crippen LogP contribution in [0.25, 0.3) is 0 Å². The molecule has 0 bridgehead atoms. The van der Waals surface area contributed by atoms with Crippen LogP contribution in [0.1, 0.15) is 10.4 Å². The molecule has 1 N–H and O–H groups in total. The van der Waals surface area contributed by atoms with Crippen LogP contribution in [0, 0.1) is 10.1 Å². The lowest BCUT2D eigenvalue weighted by Gasteiger charge is -2.28. The summed E-state index contributed by atoms with van der Waals surface area (Å²) in [5.41, 5.74) is 1.09. The van der Waals surface area contributed by atoms with E-state index in [1.807, 2.05) is 4.90 Å². The third kappa shape index (κ3) is 4.29. The molecule has 1 heterocycles. The molecule has 3 rings (SSSR count). The predicted molar refractivity (Wildman–Crippen MR) is 102 cm³/mol. The van der Waals surface area contributed by atoms with Crippen LogP contribution in [-0.4, -0.2) is 44.2 Å². The molecule has 8 nitrogen and oxygen atoms in total. The Bertz CT molecular complexity index is 868. The zero-order valence-electron chi connectivity index (χ0n) is 14.6. The van der Waals surface area contributed by atoms with Gasteiger partial charge in [0, 0.05) is 30.4 Å². The van der Waals surface area contributed by atoms with Gasteiger partial charge in [-0.3, -0.25) is 14.9 Å². The Morgan fingerprint density at radius 2 is 2.00 bits per heavy atom. The number of halogens is 1. The molecule has 2 aromatic rings. The first-order chi connectivity index (χ1) is 13.0. The van der Waals surface area contributed by atoms with Gasteiger partial charge in [0.15, 0.2) is 0 Å². The number of nitro benzene ring substituents is 1. The number of amides is 1. The van der Waals surface area contributed by atoms with Crippen molar-refractivity contribution in [2.45, 2.75) is 0 Å². The van der Waals surface area contributed by atoms with E-state index >= 15 is 0 Å². The van der Waals surface area contributed by atoms with Crippen molar-refractivity contribution in [2.75, 3.05) is 43.6 Å². The van der Waals surface area contributed by atoms with Gasteiger partial charge in [-0.25, -0.2) is 0 Å². The van der Waals surface area contributed by atoms with Gasteiger partial charge in [-0.1, -0.05) is 11.6 Å². The Hall–Kier alpha value is -2.84. The molecule has 0 aromatic heterocycles. The third-order valence-electron chi connectivity index (χ3n) is 4.20. The van der Waals surface area contributed by atoms with E-state index in [0.29, 0.717) is 54.0 Å². The summed E-state index contributed by atoms with van der Waals surface area (Å²) < 4.78 is 10.3. The molecule has 1 aliphatic heterocycles. The molecule has 0 unspecified atom stereocenters. The zero-order chi connectivity index (χ0) is 19.4. The van der Waals surface area contributed by atoms with E-state index in [9.17, 15) is 14.9 Å². The number of ether oxygens (including phenoxy) is 2. The number of methoxy groups -OCH3 is 1. The summed E-state index contributed by atoms with van der Waals surface area (Å²) in [4.78, 5) is 25.4. The maximum Gasteiger partial charge on any atom is 0.294 e. The minimum absolute atomic E-state index is 0.0672. The number of carbonyl (C=O) groups excluding carboxylic acids is 1. The molecule has 0 spiro atoms. The van der Waals surface area contributed by atoms with Crippen LogP contribution < -0.4 is 15.0 Å². The van der Waals surface area contributed by atoms with Crippen molar-refractivity contribution < 1.29 is 19.2 Å². The van der Waals surface area contributed by atoms with Gasteiger partial charge in [0.1, 0.15) is 11.4 Å². The van der Waals surface area contributed by atoms with Crippen LogP contribution in [0.3, 0.4) is 0 Å². The highest BCUT2D eigenvalue weighted by atomic mass is 35.5. The van der Waals surface area contributed by atoms with Gasteiger partial charge in [0.2, 0.25) is 0 Å². The van der Waals surface area contributed by atoms with Crippen molar-refractivity contribution in [3.05, 3.63) is 57.1 Å². The third-order valence-corrected chi connectivity index (χ3v) is 4.49. The van der Waals surface area contributed by atoms with Crippen LogP contribution in [0.4, 0.5) is 17.1 Å². The van der Waals surface area contributed by atoms with E-state index in [2.05, 4.69) is 5.32 Å². The maximum atomic E-state index is 12.4. The SMILES string of the molecule is COc1ccc(C(=O)Nc2ccc(N3CCOCC3)c([N+](=O)[O-])c2)cc1Cl. The molecule has 0 saturated carbocycles. The van der Waals surface area contributed by atoms with Gasteiger partial charge in [0.25, 0.3) is 11.6 Å². The Morgan fingerprint density at radius 3 is 2.63 bits per heavy atom. The Balaban J connectivity index is 1.82. The highest BCUT2D eigenvalue weighted by Crippen LogP contribution is 2.32. The van der Waals surface area contributed by atoms with Crippen LogP contribution in [-0.2, 0) is 4.74 Å². The van der Waals surface area contributed by atoms with Crippen LogP contribution in [0.5, 0.6) is 5.75 Å². The quantitative estimate of drug-likeness (QED) is 0.620. The van der Waals surface area contributed by atoms with E-state index in [0.717, 1.165) is 0 Å². The van der Waals surface area contributed by atoms with E-state index < -0.39 is 10.8 Å². The minimum Gasteiger partial charge on any atom is -0.495 e. The Labute approximate surface area is 160 Å². The summed E-state index contributed by atoms with van der Waals surface area (Å²) >= 11 is 6.04. The first-order valence-electron chi connectivity index (χ1n) is 8.25. The molecule has 1 fully saturated rings. The molecule has 1 aliphatic rings. The monoisotopic (exact) mass is 391 g/mol. The number of nitro groups is 1. The number of benzene rings is 2. The van der Waals surface area contributed by atoms with Crippen molar-refractivity contribution in [1.29, 1.82) is 0 Å². The molecule has 0 aliphatic carbocycles. The number of hydrogen-bond acceptors (Lipinski definition) is 6. The second-order valence-electron chi connectivity index (χ2n) is 5.86. The highest BCUT2D eigenvalue weighted by molar-refractivity contribution is 6.32. The van der Waals surface area contributed by atoms with Gasteiger partial charge in [-0.2, -0.15) is 0 Å². The standard InChI is InChI=1S/C18H18ClN3O5/c1-26-17-5-2-12(10-14(17)19)18(23)20-13-3-4-15(16(11-13)22(24)25)21-6-8-27-9-7-21/h2-5,10-11H,6-9H2,1H3,(H,20,23). The van der Waals surface area contributed by atoms with Gasteiger partial charge in [0.05, 0.1) is 30.3 Å². The molecule has 2 aromatic carbocycles. The predicted octanol–water partition coefficient (Wildman–Crippen LogP) is 3.35. The van der Waals surface area contributed by atoms with Crippen molar-refractivity contribution in [3.63, 3.8) is 0 Å². The summed E-state index contributed by atoms with van der Waals surface area (Å²) in [6.45, 7) is 2.20. The van der Waals surface area contributed by atoms with E-state index in [4.69, 9.17) is 21.1 Å². The smallest absolute Gasteiger partial charge is 0.294 e. The minimum atomic E-state index is -0.454. The van der Waals surface area contributed by atoms with E-state index in [-0.39, 0.29) is 5.69 Å². The fraction of sp³-hybridized carbons (Fsp3) is 0.278. The van der Waals surface area contributed by atoms with Gasteiger partial charge in [-0.15, -0.1) is 0 Å². The molecular formula is C18H18ClN3O5. The molecular weight excluding hydrogens is 374 g/mol. The molecule has 9 heteroatoms. The average Bonchev–Trinajstić information content (AvgIpc) is 2.68. The van der Waals surface area contributed by atoms with E-state index in [1.165, 1.54) is 19.2 Å². The molecule has 142 valence electrons. The fourth-order valence-corrected chi connectivity index (χ4v) is 3.09. The molecule has 1 amide bonds. The first-order valence-corrected chi connectivity index (χ1v) is 8.63. The van der Waals surface area contributed by atoms with E-state index in [1.54, 1.807) is 24.3 Å². The van der Waals surface area contributed by atoms with Gasteiger partial charge >= 0.3 is 0 Å². The van der Waals surface area contributed by atoms with Crippen molar-refractivity contribution >= 4 is 34.6 Å². The normalized spacial score (nSPS) is 13.9. The lowest BCUT2D eigenvalue weighted by Crippen LogP contribution is -2.36. The Morgan fingerprint density at radius 1 is 1.26 bits per heavy atom. The number of morpholine rings is 1. The summed E-state index contributed by atoms with van der Waals surface area (Å²) in [5.74, 6) is 0.0340. The summed E-state index contributed by atoms with van der Waals surface area (Å²) in [5, 5.41) is 14.5. The molecule has 1 saturated heterocycles. The zero-order valence-corrected chi connectivity index (χ0v) is 15.4. The second kappa shape index (κ2) is 8.24. The molecule has 0 atom stereocenters. The maximum absolute atomic E-state index is 12.4. The number of nitrogens with zero attached hydrogens (tertiary/aromatic N) is 2. The van der Waals surface area contributed by atoms with Crippen molar-refractivity contribution in [3.8, 4) is 5.75 Å². The number of nitrogens with one attached hydrogen (secondary N) is 1. The Kier molecular flexibility index (Phi) is 5.78. The van der Waals surface area contributed by atoms with Crippen LogP contribution >= 0.6 is 11.6 Å². The topological polar surface area (TPSA) is 93.9 Å². The largest absolute Gasteiger partial charge is 0.495 e. The van der Waals surface area contributed by atoms with Gasteiger partial charge in [-0.05, 0) is 30.3 Å². The second-order valence-corrected chi connectivity index (χ2v) is 6.27. The molecule has 0 radical (unpaired) electrons. The van der Waals surface area contributed by atoms with Crippen LogP contribution in [0.15, 0.2) is 36.4 Å². The van der Waals surface area contributed by atoms with Gasteiger partial charge < -0.3 is 19.7 Å². The number of anilines is 2. The lowest BCUT2D eigenvalue weighted by atomic mass is 10.1. The number of carbonyl (C=O) groups is 1. The fourth-order valence-electron chi connectivity index (χ4n) is 2.83. The average molecular weight is 392 g/mol. The molecule has 27 heavy (non-hydrogen) atoms. The highest BCUT2D eigenvalue weighted by Gasteiger charge is 2.22.